The van der Waals surface area contributed by atoms with E-state index in [0.29, 0.717) is 17.5 Å². The smallest absolute Gasteiger partial charge is 0.315 e. The molecule has 6 nitrogen and oxygen atoms in total. The van der Waals surface area contributed by atoms with Crippen molar-refractivity contribution in [2.24, 2.45) is 0 Å². The van der Waals surface area contributed by atoms with Crippen molar-refractivity contribution in [3.05, 3.63) is 106 Å². The summed E-state index contributed by atoms with van der Waals surface area (Å²) in [6.45, 7) is 2.42. The maximum Gasteiger partial charge on any atom is 0.315 e. The first-order valence-electron chi connectivity index (χ1n) is 9.83. The van der Waals surface area contributed by atoms with Crippen LogP contribution in [0, 0.1) is 6.92 Å². The predicted octanol–water partition coefficient (Wildman–Crippen LogP) is 5.29. The van der Waals surface area contributed by atoms with Crippen molar-refractivity contribution in [1.29, 1.82) is 0 Å². The van der Waals surface area contributed by atoms with Gasteiger partial charge in [0.25, 0.3) is 0 Å². The lowest BCUT2D eigenvalue weighted by atomic mass is 10.1. The van der Waals surface area contributed by atoms with Crippen LogP contribution < -0.4 is 10.6 Å². The lowest BCUT2D eigenvalue weighted by Crippen LogP contribution is -2.38. The maximum absolute atomic E-state index is 12.6. The molecule has 0 fully saturated rings. The number of hydrogen-bond donors (Lipinski definition) is 2. The van der Waals surface area contributed by atoms with Crippen LogP contribution in [0.5, 0.6) is 0 Å². The summed E-state index contributed by atoms with van der Waals surface area (Å²) in [6.07, 6.45) is 0. The average molecular weight is 433 g/mol. The van der Waals surface area contributed by atoms with Crippen molar-refractivity contribution in [3.63, 3.8) is 0 Å². The van der Waals surface area contributed by atoms with Gasteiger partial charge in [-0.2, -0.15) is 0 Å². The zero-order chi connectivity index (χ0) is 21.6. The topological polar surface area (TPSA) is 80.0 Å². The minimum atomic E-state index is -0.625. The Hall–Kier alpha value is -3.64. The maximum atomic E-state index is 12.6. The van der Waals surface area contributed by atoms with Gasteiger partial charge < -0.3 is 15.1 Å². The highest BCUT2D eigenvalue weighted by Crippen LogP contribution is 2.26. The summed E-state index contributed by atoms with van der Waals surface area (Å²) >= 11 is 6.03. The van der Waals surface area contributed by atoms with E-state index in [1.165, 1.54) is 5.56 Å². The molecule has 1 aromatic heterocycles. The molecule has 0 spiro atoms. The number of aromatic nitrogens is 2. The Labute approximate surface area is 185 Å². The van der Waals surface area contributed by atoms with Gasteiger partial charge in [0, 0.05) is 17.1 Å². The summed E-state index contributed by atoms with van der Waals surface area (Å²) in [7, 11) is 0. The second-order valence-electron chi connectivity index (χ2n) is 7.11. The van der Waals surface area contributed by atoms with E-state index in [1.54, 1.807) is 12.1 Å². The van der Waals surface area contributed by atoms with Crippen LogP contribution in [0.1, 0.15) is 28.6 Å². The van der Waals surface area contributed by atoms with Gasteiger partial charge >= 0.3 is 6.03 Å². The van der Waals surface area contributed by atoms with Gasteiger partial charge in [-0.3, -0.25) is 0 Å². The monoisotopic (exact) mass is 432 g/mol. The summed E-state index contributed by atoms with van der Waals surface area (Å²) in [6, 6.07) is 23.6. The van der Waals surface area contributed by atoms with E-state index in [9.17, 15) is 4.79 Å². The standard InChI is InChI=1S/C24H21ClN4O2/c1-16-7-9-17(10-8-16)15-26-24(30)27-21(18-11-13-20(25)14-12-18)23-29-28-22(31-23)19-5-3-2-4-6-19/h2-14,21H,15H2,1H3,(H2,26,27,30)/t21-/m1/s1. The molecule has 3 aromatic carbocycles. The summed E-state index contributed by atoms with van der Waals surface area (Å²) in [4.78, 5) is 12.6. The molecule has 2 amide bonds. The van der Waals surface area contributed by atoms with Crippen molar-refractivity contribution >= 4 is 17.6 Å². The molecule has 7 heteroatoms. The Morgan fingerprint density at radius 3 is 2.39 bits per heavy atom. The third-order valence-corrected chi connectivity index (χ3v) is 5.01. The number of nitrogens with zero attached hydrogens (tertiary/aromatic N) is 2. The molecule has 0 saturated heterocycles. The van der Waals surface area contributed by atoms with Crippen LogP contribution in [0.2, 0.25) is 5.02 Å². The number of nitrogens with one attached hydrogen (secondary N) is 2. The molecule has 4 rings (SSSR count). The molecule has 2 N–H and O–H groups in total. The fourth-order valence-electron chi connectivity index (χ4n) is 3.06. The SMILES string of the molecule is Cc1ccc(CNC(=O)N[C@H](c2ccc(Cl)cc2)c2nnc(-c3ccccc3)o2)cc1. The predicted molar refractivity (Wildman–Crippen MR) is 120 cm³/mol. The largest absolute Gasteiger partial charge is 0.418 e. The number of aryl methyl sites for hydroxylation is 1. The first-order chi connectivity index (χ1) is 15.1. The average Bonchev–Trinajstić information content (AvgIpc) is 3.28. The van der Waals surface area contributed by atoms with Crippen molar-refractivity contribution in [1.82, 2.24) is 20.8 Å². The van der Waals surface area contributed by atoms with Gasteiger partial charge in [-0.25, -0.2) is 4.79 Å². The van der Waals surface area contributed by atoms with Gasteiger partial charge in [-0.05, 0) is 42.3 Å². The van der Waals surface area contributed by atoms with Crippen molar-refractivity contribution in [2.45, 2.75) is 19.5 Å². The van der Waals surface area contributed by atoms with Crippen LogP contribution in [0.3, 0.4) is 0 Å². The van der Waals surface area contributed by atoms with E-state index >= 15 is 0 Å². The van der Waals surface area contributed by atoms with E-state index in [2.05, 4.69) is 20.8 Å². The second kappa shape index (κ2) is 9.45. The summed E-state index contributed by atoms with van der Waals surface area (Å²) in [5, 5.41) is 14.7. The Morgan fingerprint density at radius 2 is 1.68 bits per heavy atom. The number of rotatable bonds is 6. The van der Waals surface area contributed by atoms with Gasteiger partial charge in [0.15, 0.2) is 0 Å². The number of amides is 2. The normalized spacial score (nSPS) is 11.7. The van der Waals surface area contributed by atoms with Crippen LogP contribution in [-0.4, -0.2) is 16.2 Å². The zero-order valence-corrected chi connectivity index (χ0v) is 17.6. The van der Waals surface area contributed by atoms with Crippen LogP contribution >= 0.6 is 11.6 Å². The van der Waals surface area contributed by atoms with Gasteiger partial charge in [-0.1, -0.05) is 71.8 Å². The Balaban J connectivity index is 1.53. The van der Waals surface area contributed by atoms with Crippen LogP contribution in [0.15, 0.2) is 83.3 Å². The molecule has 0 unspecified atom stereocenters. The number of halogens is 1. The Bertz CT molecular complexity index is 1140. The Kier molecular flexibility index (Phi) is 6.29. The summed E-state index contributed by atoms with van der Waals surface area (Å²) in [5.41, 5.74) is 3.76. The van der Waals surface area contributed by atoms with E-state index in [-0.39, 0.29) is 11.9 Å². The van der Waals surface area contributed by atoms with Gasteiger partial charge in [0.1, 0.15) is 6.04 Å². The molecule has 0 aliphatic heterocycles. The summed E-state index contributed by atoms with van der Waals surface area (Å²) < 4.78 is 5.90. The molecular formula is C24H21ClN4O2. The molecular weight excluding hydrogens is 412 g/mol. The minimum absolute atomic E-state index is 0.284. The van der Waals surface area contributed by atoms with Crippen molar-refractivity contribution < 1.29 is 9.21 Å². The third kappa shape index (κ3) is 5.29. The van der Waals surface area contributed by atoms with Gasteiger partial charge in [0.05, 0.1) is 0 Å². The molecule has 0 aliphatic carbocycles. The number of hydrogen-bond acceptors (Lipinski definition) is 4. The number of benzene rings is 3. The zero-order valence-electron chi connectivity index (χ0n) is 16.9. The van der Waals surface area contributed by atoms with Crippen LogP contribution in [-0.2, 0) is 6.54 Å². The highest BCUT2D eigenvalue weighted by Gasteiger charge is 2.23. The lowest BCUT2D eigenvalue weighted by Gasteiger charge is -2.16. The molecule has 31 heavy (non-hydrogen) atoms. The number of carbonyl (C=O) groups excluding carboxylic acids is 1. The molecule has 156 valence electrons. The van der Waals surface area contributed by atoms with Crippen molar-refractivity contribution in [2.75, 3.05) is 0 Å². The second-order valence-corrected chi connectivity index (χ2v) is 7.55. The molecule has 4 aromatic rings. The fraction of sp³-hybridized carbons (Fsp3) is 0.125. The van der Waals surface area contributed by atoms with Crippen molar-refractivity contribution in [3.8, 4) is 11.5 Å². The molecule has 1 atom stereocenters. The first-order valence-corrected chi connectivity index (χ1v) is 10.2. The Morgan fingerprint density at radius 1 is 0.968 bits per heavy atom. The highest BCUT2D eigenvalue weighted by molar-refractivity contribution is 6.30. The minimum Gasteiger partial charge on any atom is -0.418 e. The molecule has 0 bridgehead atoms. The molecule has 0 saturated carbocycles. The van der Waals surface area contributed by atoms with E-state index in [4.69, 9.17) is 16.0 Å². The van der Waals surface area contributed by atoms with Crippen LogP contribution in [0.4, 0.5) is 4.79 Å². The third-order valence-electron chi connectivity index (χ3n) is 4.76. The van der Waals surface area contributed by atoms with E-state index in [1.807, 2.05) is 73.7 Å². The van der Waals surface area contributed by atoms with Gasteiger partial charge in [-0.15, -0.1) is 10.2 Å². The van der Waals surface area contributed by atoms with Crippen LogP contribution in [0.25, 0.3) is 11.5 Å². The summed E-state index contributed by atoms with van der Waals surface area (Å²) in [5.74, 6) is 0.670. The molecule has 1 heterocycles. The van der Waals surface area contributed by atoms with E-state index in [0.717, 1.165) is 16.7 Å². The van der Waals surface area contributed by atoms with E-state index < -0.39 is 6.04 Å². The quantitative estimate of drug-likeness (QED) is 0.434. The number of carbonyl (C=O) groups is 1. The molecule has 0 radical (unpaired) electrons. The first kappa shape index (κ1) is 20.6. The van der Waals surface area contributed by atoms with Gasteiger partial charge in [0.2, 0.25) is 11.8 Å². The lowest BCUT2D eigenvalue weighted by molar-refractivity contribution is 0.236. The molecule has 0 aliphatic rings. The fourth-order valence-corrected chi connectivity index (χ4v) is 3.19. The highest BCUT2D eigenvalue weighted by atomic mass is 35.5. The number of urea groups is 1.